The lowest BCUT2D eigenvalue weighted by Gasteiger charge is -2.08. The third-order valence-corrected chi connectivity index (χ3v) is 3.20. The summed E-state index contributed by atoms with van der Waals surface area (Å²) in [6, 6.07) is 8.56. The summed E-state index contributed by atoms with van der Waals surface area (Å²) in [5.74, 6) is 0. The maximum atomic E-state index is 11.6. The molecule has 2 N–H and O–H groups in total. The Hall–Kier alpha value is -1.78. The zero-order chi connectivity index (χ0) is 14.4. The third-order valence-electron chi connectivity index (χ3n) is 2.61. The lowest BCUT2D eigenvalue weighted by molar-refractivity contribution is 0.252. The van der Waals surface area contributed by atoms with Crippen molar-refractivity contribution in [3.63, 3.8) is 0 Å². The predicted molar refractivity (Wildman–Crippen MR) is 81.4 cm³/mol. The fourth-order valence-electron chi connectivity index (χ4n) is 1.65. The van der Waals surface area contributed by atoms with Crippen LogP contribution in [0.4, 0.5) is 10.5 Å². The van der Waals surface area contributed by atoms with Gasteiger partial charge in [0, 0.05) is 22.8 Å². The number of carbonyl (C=O) groups is 1. The molecular formula is C14H13Cl2N3O. The van der Waals surface area contributed by atoms with Gasteiger partial charge in [0.05, 0.1) is 11.9 Å². The number of benzene rings is 1. The Morgan fingerprint density at radius 1 is 1.25 bits per heavy atom. The van der Waals surface area contributed by atoms with Gasteiger partial charge >= 0.3 is 6.03 Å². The fraction of sp³-hybridized carbons (Fsp3) is 0.143. The van der Waals surface area contributed by atoms with Crippen molar-refractivity contribution in [1.82, 2.24) is 10.3 Å². The molecule has 104 valence electrons. The average molecular weight is 310 g/mol. The Morgan fingerprint density at radius 3 is 2.80 bits per heavy atom. The van der Waals surface area contributed by atoms with E-state index in [1.165, 1.54) is 0 Å². The number of carbonyl (C=O) groups excluding carboxylic acids is 1. The van der Waals surface area contributed by atoms with Gasteiger partial charge in [0.25, 0.3) is 0 Å². The molecule has 2 amide bonds. The normalized spacial score (nSPS) is 10.1. The number of pyridine rings is 1. The van der Waals surface area contributed by atoms with Crippen molar-refractivity contribution in [2.75, 3.05) is 11.9 Å². The zero-order valence-electron chi connectivity index (χ0n) is 10.6. The number of rotatable bonds is 4. The number of hydrogen-bond donors (Lipinski definition) is 2. The molecule has 1 aromatic carbocycles. The smallest absolute Gasteiger partial charge is 0.319 e. The highest BCUT2D eigenvalue weighted by atomic mass is 35.5. The molecule has 1 heterocycles. The Bertz CT molecular complexity index is 590. The van der Waals surface area contributed by atoms with Crippen LogP contribution in [0.3, 0.4) is 0 Å². The minimum absolute atomic E-state index is 0.275. The van der Waals surface area contributed by atoms with E-state index >= 15 is 0 Å². The molecule has 6 heteroatoms. The van der Waals surface area contributed by atoms with Gasteiger partial charge in [-0.2, -0.15) is 0 Å². The number of aromatic nitrogens is 1. The number of nitrogens with one attached hydrogen (secondary N) is 2. The number of halogens is 2. The highest BCUT2D eigenvalue weighted by Gasteiger charge is 2.04. The number of hydrogen-bond acceptors (Lipinski definition) is 2. The van der Waals surface area contributed by atoms with Crippen LogP contribution in [0, 0.1) is 0 Å². The second kappa shape index (κ2) is 7.12. The minimum atomic E-state index is -0.275. The van der Waals surface area contributed by atoms with Crippen LogP contribution in [-0.4, -0.2) is 17.6 Å². The van der Waals surface area contributed by atoms with Gasteiger partial charge in [0.15, 0.2) is 0 Å². The number of nitrogens with zero attached hydrogens (tertiary/aromatic N) is 1. The summed E-state index contributed by atoms with van der Waals surface area (Å²) in [5, 5.41) is 6.64. The van der Waals surface area contributed by atoms with Gasteiger partial charge in [-0.15, -0.1) is 0 Å². The molecule has 0 atom stereocenters. The molecule has 0 aliphatic carbocycles. The highest BCUT2D eigenvalue weighted by molar-refractivity contribution is 6.35. The topological polar surface area (TPSA) is 54.0 Å². The quantitative estimate of drug-likeness (QED) is 0.903. The van der Waals surface area contributed by atoms with Crippen LogP contribution in [0.1, 0.15) is 5.56 Å². The summed E-state index contributed by atoms with van der Waals surface area (Å²) in [5.41, 5.74) is 1.59. The van der Waals surface area contributed by atoms with Crippen LogP contribution in [0.25, 0.3) is 0 Å². The Labute approximate surface area is 127 Å². The minimum Gasteiger partial charge on any atom is -0.338 e. The average Bonchev–Trinajstić information content (AvgIpc) is 2.42. The van der Waals surface area contributed by atoms with Crippen LogP contribution >= 0.6 is 23.2 Å². The summed E-state index contributed by atoms with van der Waals surface area (Å²) >= 11 is 11.9. The molecule has 0 radical (unpaired) electrons. The van der Waals surface area contributed by atoms with E-state index in [0.717, 1.165) is 5.56 Å². The van der Waals surface area contributed by atoms with Gasteiger partial charge in [0.1, 0.15) is 0 Å². The van der Waals surface area contributed by atoms with Gasteiger partial charge in [-0.05, 0) is 36.2 Å². The van der Waals surface area contributed by atoms with Gasteiger partial charge in [0.2, 0.25) is 0 Å². The molecule has 0 saturated carbocycles. The van der Waals surface area contributed by atoms with E-state index in [4.69, 9.17) is 23.2 Å². The second-order valence-electron chi connectivity index (χ2n) is 4.11. The molecule has 0 bridgehead atoms. The van der Waals surface area contributed by atoms with Crippen LogP contribution < -0.4 is 10.6 Å². The third kappa shape index (κ3) is 4.40. The van der Waals surface area contributed by atoms with Crippen LogP contribution in [0.2, 0.25) is 10.0 Å². The van der Waals surface area contributed by atoms with E-state index in [1.807, 2.05) is 6.07 Å². The van der Waals surface area contributed by atoms with E-state index in [1.54, 1.807) is 36.7 Å². The van der Waals surface area contributed by atoms with E-state index in [9.17, 15) is 4.79 Å². The van der Waals surface area contributed by atoms with Crippen LogP contribution in [-0.2, 0) is 6.42 Å². The fourth-order valence-corrected chi connectivity index (χ4v) is 2.15. The molecule has 0 fully saturated rings. The van der Waals surface area contributed by atoms with Crippen molar-refractivity contribution >= 4 is 34.9 Å². The second-order valence-corrected chi connectivity index (χ2v) is 4.95. The van der Waals surface area contributed by atoms with Crippen LogP contribution in [0.5, 0.6) is 0 Å². The van der Waals surface area contributed by atoms with E-state index in [2.05, 4.69) is 15.6 Å². The van der Waals surface area contributed by atoms with E-state index in [-0.39, 0.29) is 6.03 Å². The Balaban J connectivity index is 1.79. The number of urea groups is 1. The van der Waals surface area contributed by atoms with Crippen molar-refractivity contribution in [1.29, 1.82) is 0 Å². The largest absolute Gasteiger partial charge is 0.338 e. The maximum Gasteiger partial charge on any atom is 0.319 e. The molecule has 0 spiro atoms. The van der Waals surface area contributed by atoms with Gasteiger partial charge in [-0.25, -0.2) is 4.79 Å². The van der Waals surface area contributed by atoms with E-state index in [0.29, 0.717) is 28.7 Å². The van der Waals surface area contributed by atoms with E-state index < -0.39 is 0 Å². The van der Waals surface area contributed by atoms with Gasteiger partial charge in [-0.1, -0.05) is 29.3 Å². The van der Waals surface area contributed by atoms with Crippen molar-refractivity contribution < 1.29 is 4.79 Å². The first kappa shape index (κ1) is 14.6. The Morgan fingerprint density at radius 2 is 2.10 bits per heavy atom. The molecule has 0 saturated heterocycles. The lowest BCUT2D eigenvalue weighted by atomic mass is 10.1. The van der Waals surface area contributed by atoms with Crippen molar-refractivity contribution in [3.05, 3.63) is 58.3 Å². The maximum absolute atomic E-state index is 11.6. The number of anilines is 1. The van der Waals surface area contributed by atoms with Crippen molar-refractivity contribution in [3.8, 4) is 0 Å². The van der Waals surface area contributed by atoms with Crippen molar-refractivity contribution in [2.45, 2.75) is 6.42 Å². The molecule has 0 aliphatic heterocycles. The standard InChI is InChI=1S/C14H13Cl2N3O/c15-11-4-3-10(13(16)8-11)5-7-18-14(20)19-12-2-1-6-17-9-12/h1-4,6,8-9H,5,7H2,(H2,18,19,20). The van der Waals surface area contributed by atoms with Crippen molar-refractivity contribution in [2.24, 2.45) is 0 Å². The molecule has 0 aliphatic rings. The number of amides is 2. The summed E-state index contributed by atoms with van der Waals surface area (Å²) < 4.78 is 0. The molecule has 0 unspecified atom stereocenters. The van der Waals surface area contributed by atoms with Gasteiger partial charge < -0.3 is 10.6 Å². The van der Waals surface area contributed by atoms with Gasteiger partial charge in [-0.3, -0.25) is 4.98 Å². The summed E-state index contributed by atoms with van der Waals surface area (Å²) in [6.45, 7) is 0.480. The summed E-state index contributed by atoms with van der Waals surface area (Å²) in [4.78, 5) is 15.6. The molecular weight excluding hydrogens is 297 g/mol. The lowest BCUT2D eigenvalue weighted by Crippen LogP contribution is -2.30. The first-order valence-electron chi connectivity index (χ1n) is 6.04. The Kier molecular flexibility index (Phi) is 5.21. The predicted octanol–water partition coefficient (Wildman–Crippen LogP) is 3.75. The summed E-state index contributed by atoms with van der Waals surface area (Å²) in [7, 11) is 0. The molecule has 4 nitrogen and oxygen atoms in total. The zero-order valence-corrected chi connectivity index (χ0v) is 12.1. The highest BCUT2D eigenvalue weighted by Crippen LogP contribution is 2.21. The molecule has 2 rings (SSSR count). The first-order valence-corrected chi connectivity index (χ1v) is 6.79. The molecule has 20 heavy (non-hydrogen) atoms. The first-order chi connectivity index (χ1) is 9.65. The SMILES string of the molecule is O=C(NCCc1ccc(Cl)cc1Cl)Nc1cccnc1. The molecule has 2 aromatic rings. The molecule has 1 aromatic heterocycles. The summed E-state index contributed by atoms with van der Waals surface area (Å²) in [6.07, 6.45) is 3.86. The monoisotopic (exact) mass is 309 g/mol. The van der Waals surface area contributed by atoms with Crippen LogP contribution in [0.15, 0.2) is 42.7 Å².